The van der Waals surface area contributed by atoms with Crippen molar-refractivity contribution in [2.45, 2.75) is 24.9 Å². The fraction of sp³-hybridized carbons (Fsp3) is 0.300. The van der Waals surface area contributed by atoms with Gasteiger partial charge in [-0.05, 0) is 47.5 Å². The van der Waals surface area contributed by atoms with E-state index in [2.05, 4.69) is 10.6 Å². The van der Waals surface area contributed by atoms with Gasteiger partial charge in [-0.3, -0.25) is 9.59 Å². The minimum atomic E-state index is -1.16. The molecule has 2 atom stereocenters. The molecule has 54 heavy (non-hydrogen) atoms. The molecule has 0 spiro atoms. The molecule has 0 bridgehead atoms. The van der Waals surface area contributed by atoms with E-state index in [1.807, 2.05) is 12.1 Å². The van der Waals surface area contributed by atoms with Crippen LogP contribution in [0.4, 0.5) is 0 Å². The number of ether oxygens (including phenoxy) is 6. The van der Waals surface area contributed by atoms with Crippen LogP contribution in [-0.4, -0.2) is 98.9 Å². The number of benzene rings is 4. The van der Waals surface area contributed by atoms with Crippen LogP contribution < -0.4 is 29.6 Å². The predicted molar refractivity (Wildman–Crippen MR) is 195 cm³/mol. The van der Waals surface area contributed by atoms with E-state index in [0.717, 1.165) is 11.1 Å². The number of carboxylic acids is 2. The summed E-state index contributed by atoms with van der Waals surface area (Å²) < 4.78 is 35.0. The third-order valence-electron chi connectivity index (χ3n) is 8.12. The van der Waals surface area contributed by atoms with Gasteiger partial charge in [-0.2, -0.15) is 0 Å². The van der Waals surface area contributed by atoms with Gasteiger partial charge in [0, 0.05) is 24.0 Å². The first-order valence-corrected chi connectivity index (χ1v) is 17.4. The third kappa shape index (κ3) is 12.0. The van der Waals surface area contributed by atoms with E-state index < -0.39 is 35.8 Å². The molecular weight excluding hydrogens is 700 g/mol. The summed E-state index contributed by atoms with van der Waals surface area (Å²) in [7, 11) is 0. The number of hydrogen-bond donors (Lipinski definition) is 4. The molecule has 0 aliphatic carbocycles. The summed E-state index contributed by atoms with van der Waals surface area (Å²) >= 11 is 0. The molecule has 2 amide bonds. The van der Waals surface area contributed by atoms with E-state index in [4.69, 9.17) is 28.4 Å². The van der Waals surface area contributed by atoms with Crippen molar-refractivity contribution in [3.63, 3.8) is 0 Å². The summed E-state index contributed by atoms with van der Waals surface area (Å²) in [6.45, 7) is 1.15. The second-order valence-corrected chi connectivity index (χ2v) is 12.0. The van der Waals surface area contributed by atoms with Crippen molar-refractivity contribution in [3.8, 4) is 23.0 Å². The van der Waals surface area contributed by atoms with Gasteiger partial charge >= 0.3 is 11.9 Å². The topological polar surface area (TPSA) is 188 Å². The Labute approximate surface area is 311 Å². The molecule has 4 aromatic rings. The molecule has 1 heterocycles. The fourth-order valence-corrected chi connectivity index (χ4v) is 5.39. The quantitative estimate of drug-likeness (QED) is 0.184. The lowest BCUT2D eigenvalue weighted by Crippen LogP contribution is -2.42. The molecule has 0 radical (unpaired) electrons. The number of rotatable bonds is 10. The Morgan fingerprint density at radius 3 is 1.19 bits per heavy atom. The van der Waals surface area contributed by atoms with Crippen molar-refractivity contribution in [3.05, 3.63) is 119 Å². The fourth-order valence-electron chi connectivity index (χ4n) is 5.39. The zero-order valence-corrected chi connectivity index (χ0v) is 29.4. The average molecular weight is 743 g/mol. The Balaban J connectivity index is 1.19. The van der Waals surface area contributed by atoms with Crippen molar-refractivity contribution in [2.24, 2.45) is 0 Å². The number of carbonyl (C=O) groups is 4. The molecule has 0 saturated heterocycles. The van der Waals surface area contributed by atoms with Crippen molar-refractivity contribution >= 4 is 23.8 Å². The minimum absolute atomic E-state index is 0.0848. The minimum Gasteiger partial charge on any atom is -0.487 e. The summed E-state index contributed by atoms with van der Waals surface area (Å²) in [6.07, 6.45) is 0.228. The van der Waals surface area contributed by atoms with E-state index in [-0.39, 0.29) is 88.3 Å². The molecule has 1 aliphatic heterocycles. The largest absolute Gasteiger partial charge is 0.487 e. The molecule has 4 N–H and O–H groups in total. The maximum absolute atomic E-state index is 13.1. The van der Waals surface area contributed by atoms with Gasteiger partial charge in [0.15, 0.2) is 23.0 Å². The van der Waals surface area contributed by atoms with Gasteiger partial charge in [0.25, 0.3) is 11.8 Å². The molecule has 0 saturated carbocycles. The maximum Gasteiger partial charge on any atom is 0.326 e. The van der Waals surface area contributed by atoms with Crippen LogP contribution in [-0.2, 0) is 31.9 Å². The maximum atomic E-state index is 13.1. The Kier molecular flexibility index (Phi) is 14.6. The van der Waals surface area contributed by atoms with Gasteiger partial charge in [-0.1, -0.05) is 60.7 Å². The molecule has 14 nitrogen and oxygen atoms in total. The lowest BCUT2D eigenvalue weighted by Gasteiger charge is -2.18. The van der Waals surface area contributed by atoms with Crippen LogP contribution in [0, 0.1) is 0 Å². The highest BCUT2D eigenvalue weighted by Gasteiger charge is 2.24. The van der Waals surface area contributed by atoms with Gasteiger partial charge < -0.3 is 49.3 Å². The number of amides is 2. The SMILES string of the molecule is O=C(N[C@@H](Cc1ccccc1)C(=O)O)c1ccc2c(c1)OCCOCCOc1cc(C(=O)N[C@@H](Cc3ccccc3)C(=O)O)ccc1OCCOCCO2. The molecule has 4 aromatic carbocycles. The Morgan fingerprint density at radius 2 is 0.833 bits per heavy atom. The lowest BCUT2D eigenvalue weighted by molar-refractivity contribution is -0.140. The van der Waals surface area contributed by atoms with Crippen molar-refractivity contribution in [1.29, 1.82) is 0 Å². The standard InChI is InChI=1S/C40H42N2O12/c43-37(41-31(39(45)46)23-27-7-3-1-4-8-27)29-11-13-33-35(25-29)53-21-17-50-18-22-54-36-26-30(12-14-34(36)52-20-16-49-15-19-51-33)38(44)42-32(40(47)48)24-28-9-5-2-6-10-28/h1-14,25-26,31-32H,15-24H2,(H,41,43)(H,42,44)(H,45,46)(H,47,48)/t31-,32-/m0/s1. The van der Waals surface area contributed by atoms with Crippen LogP contribution in [0.1, 0.15) is 31.8 Å². The number of nitrogens with one attached hydrogen (secondary N) is 2. The molecular formula is C40H42N2O12. The monoisotopic (exact) mass is 742 g/mol. The van der Waals surface area contributed by atoms with Crippen molar-refractivity contribution < 1.29 is 57.8 Å². The first kappa shape index (κ1) is 39.1. The lowest BCUT2D eigenvalue weighted by atomic mass is 10.1. The summed E-state index contributed by atoms with van der Waals surface area (Å²) in [6, 6.07) is 24.9. The molecule has 14 heteroatoms. The van der Waals surface area contributed by atoms with Crippen LogP contribution >= 0.6 is 0 Å². The van der Waals surface area contributed by atoms with E-state index >= 15 is 0 Å². The number of carboxylic acid groups (broad SMARTS) is 2. The van der Waals surface area contributed by atoms with Crippen molar-refractivity contribution in [1.82, 2.24) is 10.6 Å². The number of carbonyl (C=O) groups excluding carboxylic acids is 2. The highest BCUT2D eigenvalue weighted by Crippen LogP contribution is 2.30. The molecule has 0 aromatic heterocycles. The highest BCUT2D eigenvalue weighted by molar-refractivity contribution is 5.98. The second-order valence-electron chi connectivity index (χ2n) is 12.0. The van der Waals surface area contributed by atoms with Crippen LogP contribution in [0.5, 0.6) is 23.0 Å². The molecule has 0 unspecified atom stereocenters. The Bertz CT molecular complexity index is 1720. The van der Waals surface area contributed by atoms with E-state index in [1.54, 1.807) is 60.7 Å². The normalized spacial score (nSPS) is 15.0. The number of aliphatic carboxylic acids is 2. The molecule has 284 valence electrons. The highest BCUT2D eigenvalue weighted by atomic mass is 16.6. The van der Waals surface area contributed by atoms with E-state index in [9.17, 15) is 29.4 Å². The first-order valence-electron chi connectivity index (χ1n) is 17.4. The number of fused-ring (bicyclic) bond motifs is 2. The van der Waals surface area contributed by atoms with E-state index in [0.29, 0.717) is 11.5 Å². The summed E-state index contributed by atoms with van der Waals surface area (Å²) in [5, 5.41) is 24.7. The average Bonchev–Trinajstić information content (AvgIpc) is 3.17. The Morgan fingerprint density at radius 1 is 0.481 bits per heavy atom. The molecule has 1 aliphatic rings. The van der Waals surface area contributed by atoms with Crippen LogP contribution in [0.25, 0.3) is 0 Å². The second kappa shape index (κ2) is 20.2. The zero-order chi connectivity index (χ0) is 38.1. The van der Waals surface area contributed by atoms with Gasteiger partial charge in [0.1, 0.15) is 38.5 Å². The van der Waals surface area contributed by atoms with Crippen molar-refractivity contribution in [2.75, 3.05) is 52.9 Å². The summed E-state index contributed by atoms with van der Waals surface area (Å²) in [5.41, 5.74) is 1.90. The van der Waals surface area contributed by atoms with Crippen LogP contribution in [0.2, 0.25) is 0 Å². The van der Waals surface area contributed by atoms with Crippen LogP contribution in [0.3, 0.4) is 0 Å². The first-order chi connectivity index (χ1) is 26.3. The van der Waals surface area contributed by atoms with Gasteiger partial charge in [0.2, 0.25) is 0 Å². The smallest absolute Gasteiger partial charge is 0.326 e. The molecule has 0 fully saturated rings. The van der Waals surface area contributed by atoms with Gasteiger partial charge in [-0.25, -0.2) is 9.59 Å². The van der Waals surface area contributed by atoms with E-state index in [1.165, 1.54) is 24.3 Å². The zero-order valence-electron chi connectivity index (χ0n) is 29.4. The predicted octanol–water partition coefficient (Wildman–Crippen LogP) is 3.80. The third-order valence-corrected chi connectivity index (χ3v) is 8.12. The Hall–Kier alpha value is -6.12. The van der Waals surface area contributed by atoms with Gasteiger partial charge in [0.05, 0.1) is 26.4 Å². The summed E-state index contributed by atoms with van der Waals surface area (Å²) in [4.78, 5) is 50.1. The van der Waals surface area contributed by atoms with Gasteiger partial charge in [-0.15, -0.1) is 0 Å². The number of hydrogen-bond acceptors (Lipinski definition) is 10. The van der Waals surface area contributed by atoms with Crippen LogP contribution in [0.15, 0.2) is 97.1 Å². The summed E-state index contributed by atoms with van der Waals surface area (Å²) in [5.74, 6) is -2.25. The molecule has 5 rings (SSSR count).